The van der Waals surface area contributed by atoms with Crippen LogP contribution in [0.4, 0.5) is 10.1 Å². The fourth-order valence-corrected chi connectivity index (χ4v) is 3.70. The van der Waals surface area contributed by atoms with E-state index in [1.165, 1.54) is 38.2 Å². The number of hydrogen-bond acceptors (Lipinski definition) is 2. The van der Waals surface area contributed by atoms with E-state index in [2.05, 4.69) is 5.32 Å². The SMILES string of the molecule is Fc1ccc(NC2CCOC3(CCCCC3)C2)cc1Cl. The second kappa shape index (κ2) is 5.90. The van der Waals surface area contributed by atoms with E-state index < -0.39 is 0 Å². The Bertz CT molecular complexity index is 468. The van der Waals surface area contributed by atoms with Crippen LogP contribution in [0.2, 0.25) is 5.02 Å². The summed E-state index contributed by atoms with van der Waals surface area (Å²) in [5, 5.41) is 3.66. The molecule has 1 saturated carbocycles. The van der Waals surface area contributed by atoms with Crippen molar-refractivity contribution in [1.82, 2.24) is 0 Å². The first-order valence-corrected chi connectivity index (χ1v) is 7.90. The molecule has 0 radical (unpaired) electrons. The molecule has 3 rings (SSSR count). The van der Waals surface area contributed by atoms with Crippen molar-refractivity contribution in [2.75, 3.05) is 11.9 Å². The van der Waals surface area contributed by atoms with E-state index in [0.717, 1.165) is 25.1 Å². The molecule has 1 aromatic rings. The van der Waals surface area contributed by atoms with Gasteiger partial charge in [-0.1, -0.05) is 30.9 Å². The van der Waals surface area contributed by atoms with Gasteiger partial charge in [0.15, 0.2) is 0 Å². The minimum Gasteiger partial charge on any atom is -0.382 e. The average Bonchev–Trinajstić information content (AvgIpc) is 2.44. The first kappa shape index (κ1) is 14.2. The fraction of sp³-hybridized carbons (Fsp3) is 0.625. The van der Waals surface area contributed by atoms with Crippen LogP contribution in [0.25, 0.3) is 0 Å². The monoisotopic (exact) mass is 297 g/mol. The molecule has 2 nitrogen and oxygen atoms in total. The van der Waals surface area contributed by atoms with Crippen molar-refractivity contribution in [3.8, 4) is 0 Å². The van der Waals surface area contributed by atoms with Crippen LogP contribution in [-0.2, 0) is 4.74 Å². The highest BCUT2D eigenvalue weighted by atomic mass is 35.5. The highest BCUT2D eigenvalue weighted by Gasteiger charge is 2.38. The van der Waals surface area contributed by atoms with Gasteiger partial charge in [-0.05, 0) is 43.9 Å². The number of rotatable bonds is 2. The topological polar surface area (TPSA) is 21.3 Å². The van der Waals surface area contributed by atoms with Crippen molar-refractivity contribution in [2.45, 2.75) is 56.6 Å². The van der Waals surface area contributed by atoms with Gasteiger partial charge in [-0.25, -0.2) is 4.39 Å². The first-order chi connectivity index (χ1) is 9.67. The Balaban J connectivity index is 1.66. The second-order valence-electron chi connectivity index (χ2n) is 6.06. The van der Waals surface area contributed by atoms with Crippen molar-refractivity contribution in [2.24, 2.45) is 0 Å². The third-order valence-corrected chi connectivity index (χ3v) is 4.84. The first-order valence-electron chi connectivity index (χ1n) is 7.52. The molecule has 110 valence electrons. The maximum Gasteiger partial charge on any atom is 0.141 e. The molecule has 1 spiro atoms. The van der Waals surface area contributed by atoms with E-state index in [4.69, 9.17) is 16.3 Å². The zero-order chi connectivity index (χ0) is 14.0. The molecule has 0 amide bonds. The lowest BCUT2D eigenvalue weighted by Crippen LogP contribution is -2.45. The fourth-order valence-electron chi connectivity index (χ4n) is 3.52. The lowest BCUT2D eigenvalue weighted by Gasteiger charge is -2.44. The number of ether oxygens (including phenoxy) is 1. The normalized spacial score (nSPS) is 25.6. The number of anilines is 1. The van der Waals surface area contributed by atoms with Gasteiger partial charge in [-0.3, -0.25) is 0 Å². The van der Waals surface area contributed by atoms with Gasteiger partial charge < -0.3 is 10.1 Å². The molecule has 1 unspecified atom stereocenters. The summed E-state index contributed by atoms with van der Waals surface area (Å²) in [6, 6.07) is 5.23. The summed E-state index contributed by atoms with van der Waals surface area (Å²) in [5.74, 6) is -0.368. The molecular formula is C16H21ClFNO. The standard InChI is InChI=1S/C16H21ClFNO/c17-14-10-12(4-5-15(14)18)19-13-6-9-20-16(11-13)7-2-1-3-8-16/h4-5,10,13,19H,1-3,6-9,11H2. The maximum absolute atomic E-state index is 13.2. The molecule has 20 heavy (non-hydrogen) atoms. The summed E-state index contributed by atoms with van der Waals surface area (Å²) < 4.78 is 19.3. The minimum atomic E-state index is -0.368. The summed E-state index contributed by atoms with van der Waals surface area (Å²) in [4.78, 5) is 0. The number of nitrogens with one attached hydrogen (secondary N) is 1. The van der Waals surface area contributed by atoms with E-state index >= 15 is 0 Å². The molecule has 0 aromatic heterocycles. The summed E-state index contributed by atoms with van der Waals surface area (Å²) in [5.41, 5.74) is 0.979. The van der Waals surface area contributed by atoms with Crippen LogP contribution in [0.1, 0.15) is 44.9 Å². The molecule has 0 bridgehead atoms. The Morgan fingerprint density at radius 2 is 2.05 bits per heavy atom. The van der Waals surface area contributed by atoms with Gasteiger partial charge >= 0.3 is 0 Å². The zero-order valence-electron chi connectivity index (χ0n) is 11.6. The summed E-state index contributed by atoms with van der Waals surface area (Å²) in [7, 11) is 0. The predicted molar refractivity (Wildman–Crippen MR) is 79.8 cm³/mol. The van der Waals surface area contributed by atoms with Crippen LogP contribution >= 0.6 is 11.6 Å². The van der Waals surface area contributed by atoms with Crippen molar-refractivity contribution in [3.05, 3.63) is 29.0 Å². The summed E-state index contributed by atoms with van der Waals surface area (Å²) in [6.07, 6.45) is 8.27. The predicted octanol–water partition coefficient (Wildman–Crippen LogP) is 4.77. The van der Waals surface area contributed by atoms with Gasteiger partial charge in [-0.15, -0.1) is 0 Å². The van der Waals surface area contributed by atoms with Crippen molar-refractivity contribution in [3.63, 3.8) is 0 Å². The molecule has 1 aromatic carbocycles. The highest BCUT2D eigenvalue weighted by molar-refractivity contribution is 6.31. The molecule has 1 saturated heterocycles. The van der Waals surface area contributed by atoms with Crippen LogP contribution in [0.15, 0.2) is 18.2 Å². The van der Waals surface area contributed by atoms with E-state index in [1.807, 2.05) is 0 Å². The Morgan fingerprint density at radius 3 is 2.80 bits per heavy atom. The summed E-state index contributed by atoms with van der Waals surface area (Å²) >= 11 is 5.83. The van der Waals surface area contributed by atoms with Gasteiger partial charge in [0.05, 0.1) is 10.6 Å². The molecule has 1 aliphatic heterocycles. The zero-order valence-corrected chi connectivity index (χ0v) is 12.4. The Kier molecular flexibility index (Phi) is 4.18. The smallest absolute Gasteiger partial charge is 0.141 e. The van der Waals surface area contributed by atoms with Crippen LogP contribution in [0.3, 0.4) is 0 Å². The number of halogens is 2. The average molecular weight is 298 g/mol. The lowest BCUT2D eigenvalue weighted by molar-refractivity contribution is -0.103. The molecular weight excluding hydrogens is 277 g/mol. The van der Waals surface area contributed by atoms with Gasteiger partial charge in [0.2, 0.25) is 0 Å². The van der Waals surface area contributed by atoms with Gasteiger partial charge in [0.25, 0.3) is 0 Å². The van der Waals surface area contributed by atoms with E-state index in [0.29, 0.717) is 6.04 Å². The molecule has 1 atom stereocenters. The Hall–Kier alpha value is -0.800. The van der Waals surface area contributed by atoms with Crippen molar-refractivity contribution >= 4 is 17.3 Å². The van der Waals surface area contributed by atoms with Crippen LogP contribution < -0.4 is 5.32 Å². The van der Waals surface area contributed by atoms with Crippen LogP contribution in [0, 0.1) is 5.82 Å². The minimum absolute atomic E-state index is 0.0813. The highest BCUT2D eigenvalue weighted by Crippen LogP contribution is 2.39. The molecule has 1 aliphatic carbocycles. The van der Waals surface area contributed by atoms with E-state index in [-0.39, 0.29) is 16.4 Å². The maximum atomic E-state index is 13.2. The van der Waals surface area contributed by atoms with E-state index in [9.17, 15) is 4.39 Å². The molecule has 2 aliphatic rings. The molecule has 1 heterocycles. The van der Waals surface area contributed by atoms with Gasteiger partial charge in [0, 0.05) is 18.3 Å². The number of benzene rings is 1. The Labute approximate surface area is 124 Å². The van der Waals surface area contributed by atoms with Crippen molar-refractivity contribution < 1.29 is 9.13 Å². The second-order valence-corrected chi connectivity index (χ2v) is 6.46. The van der Waals surface area contributed by atoms with Crippen molar-refractivity contribution in [1.29, 1.82) is 0 Å². The molecule has 2 fully saturated rings. The van der Waals surface area contributed by atoms with E-state index in [1.54, 1.807) is 12.1 Å². The lowest BCUT2D eigenvalue weighted by atomic mass is 9.78. The largest absolute Gasteiger partial charge is 0.382 e. The molecule has 4 heteroatoms. The molecule has 1 N–H and O–H groups in total. The van der Waals surface area contributed by atoms with Gasteiger partial charge in [0.1, 0.15) is 5.82 Å². The Morgan fingerprint density at radius 1 is 1.25 bits per heavy atom. The third-order valence-electron chi connectivity index (χ3n) is 4.55. The van der Waals surface area contributed by atoms with Gasteiger partial charge in [-0.2, -0.15) is 0 Å². The number of hydrogen-bond donors (Lipinski definition) is 1. The third kappa shape index (κ3) is 3.09. The summed E-state index contributed by atoms with van der Waals surface area (Å²) in [6.45, 7) is 0.812. The quantitative estimate of drug-likeness (QED) is 0.849. The van der Waals surface area contributed by atoms with Crippen LogP contribution in [-0.4, -0.2) is 18.2 Å². The van der Waals surface area contributed by atoms with Crippen LogP contribution in [0.5, 0.6) is 0 Å².